The first-order valence-electron chi connectivity index (χ1n) is 11.3. The van der Waals surface area contributed by atoms with E-state index in [1.54, 1.807) is 11.8 Å². The second-order valence-electron chi connectivity index (χ2n) is 8.23. The van der Waals surface area contributed by atoms with E-state index < -0.39 is 0 Å². The Hall–Kier alpha value is -3.23. The molecule has 0 spiro atoms. The van der Waals surface area contributed by atoms with Crippen LogP contribution in [-0.2, 0) is 10.5 Å². The van der Waals surface area contributed by atoms with Crippen LogP contribution in [-0.4, -0.2) is 40.0 Å². The van der Waals surface area contributed by atoms with Gasteiger partial charge in [0.1, 0.15) is 0 Å². The Morgan fingerprint density at radius 3 is 2.50 bits per heavy atom. The fraction of sp³-hybridized carbons (Fsp3) is 0.231. The lowest BCUT2D eigenvalue weighted by Crippen LogP contribution is -2.41. The smallest absolute Gasteiger partial charge is 0.254 e. The lowest BCUT2D eigenvalue weighted by Gasteiger charge is -2.31. The quantitative estimate of drug-likeness (QED) is 0.288. The number of carbonyl (C=O) groups excluding carboxylic acids is 2. The maximum Gasteiger partial charge on any atom is 0.254 e. The molecule has 0 saturated carbocycles. The van der Waals surface area contributed by atoms with Gasteiger partial charge in [-0.2, -0.15) is 0 Å². The zero-order chi connectivity index (χ0) is 23.3. The van der Waals surface area contributed by atoms with E-state index in [1.165, 1.54) is 16.9 Å². The Labute approximate surface area is 206 Å². The van der Waals surface area contributed by atoms with Gasteiger partial charge >= 0.3 is 0 Å². The molecule has 2 amide bonds. The number of nitrogens with zero attached hydrogens (tertiary/aromatic N) is 3. The molecular weight excluding hydrogens is 464 g/mol. The van der Waals surface area contributed by atoms with Crippen LogP contribution in [0.5, 0.6) is 0 Å². The Balaban J connectivity index is 1.14. The van der Waals surface area contributed by atoms with Crippen molar-refractivity contribution >= 4 is 50.8 Å². The largest absolute Gasteiger partial charge is 0.339 e. The maximum absolute atomic E-state index is 13.2. The van der Waals surface area contributed by atoms with Gasteiger partial charge in [0.15, 0.2) is 4.34 Å². The Kier molecular flexibility index (Phi) is 6.87. The third-order valence-electron chi connectivity index (χ3n) is 6.01. The highest BCUT2D eigenvalue weighted by Gasteiger charge is 2.29. The standard InChI is InChI=1S/C26H24N4O2S2/c31-23(27-25-28-29-26(34-25)33-17-18-7-2-1-3-8-18)20-13-15-30(16-14-20)24(32)22-12-6-10-19-9-4-5-11-21(19)22/h1-12,20H,13-17H2,(H,27,28,31). The van der Waals surface area contributed by atoms with Crippen LogP contribution < -0.4 is 5.32 Å². The number of fused-ring (bicyclic) bond motifs is 1. The van der Waals surface area contributed by atoms with Crippen molar-refractivity contribution in [3.05, 3.63) is 83.9 Å². The molecule has 0 bridgehead atoms. The highest BCUT2D eigenvalue weighted by atomic mass is 32.2. The molecular formula is C26H24N4O2S2. The van der Waals surface area contributed by atoms with Crippen LogP contribution in [0.1, 0.15) is 28.8 Å². The zero-order valence-corrected chi connectivity index (χ0v) is 20.1. The first kappa shape index (κ1) is 22.6. The molecule has 34 heavy (non-hydrogen) atoms. The minimum absolute atomic E-state index is 0.0277. The number of carbonyl (C=O) groups is 2. The number of hydrogen-bond acceptors (Lipinski definition) is 6. The molecule has 5 rings (SSSR count). The SMILES string of the molecule is O=C(Nc1nnc(SCc2ccccc2)s1)C1CCN(C(=O)c2cccc3ccccc23)CC1. The van der Waals surface area contributed by atoms with Gasteiger partial charge in [-0.15, -0.1) is 10.2 Å². The van der Waals surface area contributed by atoms with Gasteiger partial charge in [0.25, 0.3) is 5.91 Å². The highest BCUT2D eigenvalue weighted by molar-refractivity contribution is 8.00. The van der Waals surface area contributed by atoms with Crippen molar-refractivity contribution in [3.63, 3.8) is 0 Å². The van der Waals surface area contributed by atoms with Gasteiger partial charge < -0.3 is 10.2 Å². The average Bonchev–Trinajstić information content (AvgIpc) is 3.34. The first-order valence-corrected chi connectivity index (χ1v) is 13.1. The van der Waals surface area contributed by atoms with E-state index in [2.05, 4.69) is 27.6 Å². The van der Waals surface area contributed by atoms with E-state index in [-0.39, 0.29) is 17.7 Å². The summed E-state index contributed by atoms with van der Waals surface area (Å²) in [6.07, 6.45) is 1.27. The Morgan fingerprint density at radius 1 is 0.941 bits per heavy atom. The van der Waals surface area contributed by atoms with Crippen molar-refractivity contribution < 1.29 is 9.59 Å². The Bertz CT molecular complexity index is 1300. The molecule has 2 heterocycles. The van der Waals surface area contributed by atoms with Gasteiger partial charge in [0, 0.05) is 30.3 Å². The summed E-state index contributed by atoms with van der Waals surface area (Å²) in [6.45, 7) is 1.13. The molecule has 1 saturated heterocycles. The fourth-order valence-corrected chi connectivity index (χ4v) is 5.88. The van der Waals surface area contributed by atoms with E-state index >= 15 is 0 Å². The van der Waals surface area contributed by atoms with Crippen LogP contribution in [0.2, 0.25) is 0 Å². The van der Waals surface area contributed by atoms with Crippen molar-refractivity contribution in [2.24, 2.45) is 5.92 Å². The molecule has 4 aromatic rings. The normalized spacial score (nSPS) is 14.3. The molecule has 0 aliphatic carbocycles. The van der Waals surface area contributed by atoms with Crippen LogP contribution in [0.3, 0.4) is 0 Å². The molecule has 1 N–H and O–H groups in total. The lowest BCUT2D eigenvalue weighted by atomic mass is 9.95. The Morgan fingerprint density at radius 2 is 1.68 bits per heavy atom. The minimum Gasteiger partial charge on any atom is -0.339 e. The van der Waals surface area contributed by atoms with Gasteiger partial charge in [-0.05, 0) is 35.2 Å². The molecule has 0 atom stereocenters. The summed E-state index contributed by atoms with van der Waals surface area (Å²) in [5, 5.41) is 13.8. The molecule has 1 aliphatic rings. The molecule has 0 unspecified atom stereocenters. The van der Waals surface area contributed by atoms with Crippen molar-refractivity contribution in [1.82, 2.24) is 15.1 Å². The van der Waals surface area contributed by atoms with Crippen molar-refractivity contribution in [2.75, 3.05) is 18.4 Å². The van der Waals surface area contributed by atoms with Gasteiger partial charge in [0.05, 0.1) is 0 Å². The molecule has 1 fully saturated rings. The number of benzene rings is 3. The number of anilines is 1. The summed E-state index contributed by atoms with van der Waals surface area (Å²) >= 11 is 3.00. The average molecular weight is 489 g/mol. The maximum atomic E-state index is 13.2. The number of piperidine rings is 1. The zero-order valence-electron chi connectivity index (χ0n) is 18.5. The third kappa shape index (κ3) is 5.13. The van der Waals surface area contributed by atoms with Crippen LogP contribution >= 0.6 is 23.1 Å². The number of amides is 2. The number of rotatable bonds is 6. The summed E-state index contributed by atoms with van der Waals surface area (Å²) in [6, 6.07) is 23.9. The summed E-state index contributed by atoms with van der Waals surface area (Å²) < 4.78 is 0.828. The highest BCUT2D eigenvalue weighted by Crippen LogP contribution is 2.29. The van der Waals surface area contributed by atoms with Crippen LogP contribution in [0.25, 0.3) is 10.8 Å². The summed E-state index contributed by atoms with van der Waals surface area (Å²) in [5.41, 5.74) is 1.94. The van der Waals surface area contributed by atoms with E-state index in [1.807, 2.05) is 65.6 Å². The van der Waals surface area contributed by atoms with E-state index in [0.29, 0.717) is 31.1 Å². The monoisotopic (exact) mass is 488 g/mol. The summed E-state index contributed by atoms with van der Waals surface area (Å²) in [7, 11) is 0. The third-order valence-corrected chi connectivity index (χ3v) is 8.06. The van der Waals surface area contributed by atoms with Crippen LogP contribution in [0.15, 0.2) is 77.1 Å². The summed E-state index contributed by atoms with van der Waals surface area (Å²) in [5.74, 6) is 0.654. The van der Waals surface area contributed by atoms with E-state index in [0.717, 1.165) is 26.4 Å². The molecule has 1 aromatic heterocycles. The second-order valence-corrected chi connectivity index (χ2v) is 10.4. The first-order chi connectivity index (χ1) is 16.7. The molecule has 3 aromatic carbocycles. The molecule has 172 valence electrons. The molecule has 8 heteroatoms. The van der Waals surface area contributed by atoms with Gasteiger partial charge in [-0.1, -0.05) is 89.8 Å². The van der Waals surface area contributed by atoms with Crippen LogP contribution in [0.4, 0.5) is 5.13 Å². The van der Waals surface area contributed by atoms with E-state index in [9.17, 15) is 9.59 Å². The van der Waals surface area contributed by atoms with Crippen molar-refractivity contribution in [3.8, 4) is 0 Å². The number of aromatic nitrogens is 2. The number of likely N-dealkylation sites (tertiary alicyclic amines) is 1. The lowest BCUT2D eigenvalue weighted by molar-refractivity contribution is -0.121. The molecule has 0 radical (unpaired) electrons. The number of thioether (sulfide) groups is 1. The molecule has 6 nitrogen and oxygen atoms in total. The fourth-order valence-electron chi connectivity index (χ4n) is 4.17. The van der Waals surface area contributed by atoms with Gasteiger partial charge in [-0.3, -0.25) is 9.59 Å². The number of hydrogen-bond donors (Lipinski definition) is 1. The topological polar surface area (TPSA) is 75.2 Å². The predicted octanol–water partition coefficient (Wildman–Crippen LogP) is 5.47. The number of nitrogens with one attached hydrogen (secondary N) is 1. The minimum atomic E-state index is -0.138. The van der Waals surface area contributed by atoms with Crippen molar-refractivity contribution in [1.29, 1.82) is 0 Å². The van der Waals surface area contributed by atoms with E-state index in [4.69, 9.17) is 0 Å². The summed E-state index contributed by atoms with van der Waals surface area (Å²) in [4.78, 5) is 27.8. The van der Waals surface area contributed by atoms with Gasteiger partial charge in [0.2, 0.25) is 11.0 Å². The molecule has 1 aliphatic heterocycles. The van der Waals surface area contributed by atoms with Gasteiger partial charge in [-0.25, -0.2) is 0 Å². The predicted molar refractivity (Wildman–Crippen MR) is 137 cm³/mol. The van der Waals surface area contributed by atoms with Crippen molar-refractivity contribution in [2.45, 2.75) is 22.9 Å². The van der Waals surface area contributed by atoms with Crippen LogP contribution in [0, 0.1) is 5.92 Å². The second kappa shape index (κ2) is 10.4.